The molecule has 0 heterocycles. The van der Waals surface area contributed by atoms with Gasteiger partial charge in [-0.2, -0.15) is 5.26 Å². The fourth-order valence-electron chi connectivity index (χ4n) is 0. The summed E-state index contributed by atoms with van der Waals surface area (Å²) < 4.78 is 0. The first kappa shape index (κ1) is 15.7. The third-order valence-corrected chi connectivity index (χ3v) is 0. The van der Waals surface area contributed by atoms with Crippen LogP contribution in [0.15, 0.2) is 0 Å². The van der Waals surface area contributed by atoms with Crippen molar-refractivity contribution in [1.29, 1.82) is 5.26 Å². The Morgan fingerprint density at radius 1 is 1.50 bits per heavy atom. The van der Waals surface area contributed by atoms with Crippen LogP contribution in [0.1, 0.15) is 0 Å². The Bertz CT molecular complexity index is 82.5. The molecule has 0 aliphatic rings. The van der Waals surface area contributed by atoms with Gasteiger partial charge in [-0.25, -0.2) is 4.79 Å². The molecule has 6 heteroatoms. The van der Waals surface area contributed by atoms with E-state index < -0.39 is 6.03 Å². The van der Waals surface area contributed by atoms with E-state index in [1.54, 1.807) is 0 Å². The second-order valence-corrected chi connectivity index (χ2v) is 0.531. The molecule has 0 fully saturated rings. The van der Waals surface area contributed by atoms with Crippen molar-refractivity contribution in [2.45, 2.75) is 0 Å². The standard InChI is InChI=1S/CH4N2O.CH2N2.Ca.2H/c2-1(3)4;2-1-3;;;/h(H4,2,3,4);2H2;;;. The summed E-state index contributed by atoms with van der Waals surface area (Å²) in [7, 11) is 0. The third kappa shape index (κ3) is 4160. The van der Waals surface area contributed by atoms with E-state index in [0.717, 1.165) is 0 Å². The molecule has 0 rings (SSSR count). The molecule has 0 spiro atoms. The van der Waals surface area contributed by atoms with Gasteiger partial charge in [-0.3, -0.25) is 0 Å². The molecule has 6 N–H and O–H groups in total. The second-order valence-electron chi connectivity index (χ2n) is 0.531. The summed E-state index contributed by atoms with van der Waals surface area (Å²) in [4.78, 5) is 9.00. The van der Waals surface area contributed by atoms with Crippen molar-refractivity contribution in [1.82, 2.24) is 0 Å². The van der Waals surface area contributed by atoms with Crippen molar-refractivity contribution in [3.8, 4) is 6.19 Å². The Morgan fingerprint density at radius 3 is 1.50 bits per heavy atom. The summed E-state index contributed by atoms with van der Waals surface area (Å²) in [6, 6.07) is -0.833. The number of amides is 2. The maximum absolute atomic E-state index is 9.00. The van der Waals surface area contributed by atoms with E-state index in [0.29, 0.717) is 0 Å². The number of nitrogens with two attached hydrogens (primary N) is 3. The van der Waals surface area contributed by atoms with Gasteiger partial charge in [0.15, 0.2) is 6.19 Å². The molecule has 0 radical (unpaired) electrons. The average molecular weight is 144 g/mol. The van der Waals surface area contributed by atoms with Crippen molar-refractivity contribution in [3.05, 3.63) is 0 Å². The molecule has 0 unspecified atom stereocenters. The number of urea groups is 1. The van der Waals surface area contributed by atoms with Crippen LogP contribution in [0, 0.1) is 11.5 Å². The fraction of sp³-hybridized carbons (Fsp3) is 0. The molecule has 0 atom stereocenters. The van der Waals surface area contributed by atoms with Crippen LogP contribution in [0.25, 0.3) is 0 Å². The van der Waals surface area contributed by atoms with Crippen molar-refractivity contribution in [2.24, 2.45) is 17.2 Å². The Hall–Kier alpha value is -0.180. The molecule has 0 saturated carbocycles. The first-order valence-electron chi connectivity index (χ1n) is 1.29. The predicted molar refractivity (Wildman–Crippen MR) is 32.1 cm³/mol. The average Bonchev–Trinajstić information content (AvgIpc) is 1.33. The van der Waals surface area contributed by atoms with Crippen LogP contribution in [0.5, 0.6) is 0 Å². The van der Waals surface area contributed by atoms with Crippen LogP contribution < -0.4 is 17.2 Å². The minimum absolute atomic E-state index is 0. The van der Waals surface area contributed by atoms with Crippen molar-refractivity contribution < 1.29 is 4.79 Å². The number of hydrogen-bond acceptors (Lipinski definition) is 3. The zero-order valence-electron chi connectivity index (χ0n) is 3.59. The third-order valence-electron chi connectivity index (χ3n) is 0. The zero-order chi connectivity index (χ0) is 6.28. The number of nitriles is 1. The summed E-state index contributed by atoms with van der Waals surface area (Å²) in [6.07, 6.45) is 1.25. The molecule has 0 bridgehead atoms. The molecular weight excluding hydrogens is 136 g/mol. The monoisotopic (exact) mass is 144 g/mol. The number of carbonyl (C=O) groups is 1. The quantitative estimate of drug-likeness (QED) is 0.198. The first-order chi connectivity index (χ1) is 3.15. The first-order valence-corrected chi connectivity index (χ1v) is 1.29. The minimum atomic E-state index is -0.833. The van der Waals surface area contributed by atoms with Gasteiger partial charge in [-0.05, 0) is 0 Å². The molecule has 0 aliphatic carbocycles. The van der Waals surface area contributed by atoms with Crippen LogP contribution in [-0.4, -0.2) is 43.8 Å². The number of carbonyl (C=O) groups excluding carboxylic acids is 1. The number of hydrogen-bond donors (Lipinski definition) is 3. The van der Waals surface area contributed by atoms with Gasteiger partial charge in [0.05, 0.1) is 0 Å². The van der Waals surface area contributed by atoms with E-state index in [1.165, 1.54) is 6.19 Å². The molecule has 0 aromatic heterocycles. The Kier molecular flexibility index (Phi) is 31.0. The van der Waals surface area contributed by atoms with Crippen LogP contribution in [0.4, 0.5) is 4.79 Å². The molecule has 0 saturated heterocycles. The molecule has 5 nitrogen and oxygen atoms in total. The van der Waals surface area contributed by atoms with Gasteiger partial charge >= 0.3 is 43.8 Å². The van der Waals surface area contributed by atoms with Gasteiger partial charge in [0.1, 0.15) is 0 Å². The topological polar surface area (TPSA) is 119 Å². The summed E-state index contributed by atoms with van der Waals surface area (Å²) in [5, 5.41) is 7.10. The van der Waals surface area contributed by atoms with Gasteiger partial charge in [-0.1, -0.05) is 0 Å². The van der Waals surface area contributed by atoms with Crippen LogP contribution in [0.2, 0.25) is 0 Å². The Labute approximate surface area is 76.8 Å². The van der Waals surface area contributed by atoms with Gasteiger partial charge in [0.2, 0.25) is 0 Å². The van der Waals surface area contributed by atoms with E-state index in [-0.39, 0.29) is 37.7 Å². The molecule has 8 heavy (non-hydrogen) atoms. The SMILES string of the molecule is N#CN.NC(N)=O.[CaH2]. The van der Waals surface area contributed by atoms with E-state index in [1.807, 2.05) is 0 Å². The summed E-state index contributed by atoms with van der Waals surface area (Å²) in [5.74, 6) is 0. The van der Waals surface area contributed by atoms with E-state index in [9.17, 15) is 0 Å². The molecular formula is C2H8CaN4O. The summed E-state index contributed by atoms with van der Waals surface area (Å²) in [6.45, 7) is 0. The number of primary amides is 2. The molecule has 0 aromatic carbocycles. The van der Waals surface area contributed by atoms with E-state index in [2.05, 4.69) is 17.2 Å². The van der Waals surface area contributed by atoms with Gasteiger partial charge in [0.25, 0.3) is 0 Å². The van der Waals surface area contributed by atoms with Gasteiger partial charge in [-0.15, -0.1) is 0 Å². The van der Waals surface area contributed by atoms with Crippen LogP contribution in [0.3, 0.4) is 0 Å². The molecule has 2 amide bonds. The zero-order valence-corrected chi connectivity index (χ0v) is 3.59. The normalized spacial score (nSPS) is 3.88. The maximum atomic E-state index is 9.00. The summed E-state index contributed by atoms with van der Waals surface area (Å²) >= 11 is 0. The molecule has 44 valence electrons. The molecule has 0 aromatic rings. The van der Waals surface area contributed by atoms with E-state index >= 15 is 0 Å². The van der Waals surface area contributed by atoms with Crippen molar-refractivity contribution in [2.75, 3.05) is 0 Å². The predicted octanol–water partition coefficient (Wildman–Crippen LogP) is -2.47. The number of rotatable bonds is 0. The van der Waals surface area contributed by atoms with Gasteiger partial charge < -0.3 is 17.2 Å². The van der Waals surface area contributed by atoms with Crippen LogP contribution >= 0.6 is 0 Å². The Balaban J connectivity index is -0.0000000575. The summed E-state index contributed by atoms with van der Waals surface area (Å²) in [5.41, 5.74) is 12.7. The Morgan fingerprint density at radius 2 is 1.50 bits per heavy atom. The van der Waals surface area contributed by atoms with Crippen LogP contribution in [-0.2, 0) is 0 Å². The van der Waals surface area contributed by atoms with Crippen molar-refractivity contribution >= 4 is 43.8 Å². The van der Waals surface area contributed by atoms with E-state index in [4.69, 9.17) is 10.1 Å². The second kappa shape index (κ2) is 15.8. The molecule has 0 aliphatic heterocycles. The fourth-order valence-corrected chi connectivity index (χ4v) is 0. The van der Waals surface area contributed by atoms with Crippen molar-refractivity contribution in [3.63, 3.8) is 0 Å². The number of nitrogens with zero attached hydrogens (tertiary/aromatic N) is 1. The van der Waals surface area contributed by atoms with Gasteiger partial charge in [0, 0.05) is 0 Å².